The van der Waals surface area contributed by atoms with E-state index in [-0.39, 0.29) is 10.2 Å². The summed E-state index contributed by atoms with van der Waals surface area (Å²) in [6.07, 6.45) is 0. The van der Waals surface area contributed by atoms with Gasteiger partial charge in [-0.1, -0.05) is 0 Å². The van der Waals surface area contributed by atoms with Crippen molar-refractivity contribution in [1.82, 2.24) is 0 Å². The van der Waals surface area contributed by atoms with Gasteiger partial charge < -0.3 is 5.73 Å². The Morgan fingerprint density at radius 3 is 2.31 bits per heavy atom. The Morgan fingerprint density at radius 1 is 1.31 bits per heavy atom. The summed E-state index contributed by atoms with van der Waals surface area (Å²) in [7, 11) is 0. The van der Waals surface area contributed by atoms with Crippen LogP contribution in [0.2, 0.25) is 0 Å². The lowest BCUT2D eigenvalue weighted by Crippen LogP contribution is -1.96. The van der Waals surface area contributed by atoms with Crippen molar-refractivity contribution < 1.29 is 4.92 Å². The highest BCUT2D eigenvalue weighted by Gasteiger charge is 2.21. The van der Waals surface area contributed by atoms with Crippen molar-refractivity contribution in [2.24, 2.45) is 0 Å². The van der Waals surface area contributed by atoms with Crippen LogP contribution in [0, 0.1) is 10.1 Å². The van der Waals surface area contributed by atoms with E-state index in [0.29, 0.717) is 14.6 Å². The van der Waals surface area contributed by atoms with Gasteiger partial charge in [0.2, 0.25) is 0 Å². The molecule has 0 radical (unpaired) electrons. The van der Waals surface area contributed by atoms with Crippen LogP contribution in [0.4, 0.5) is 11.4 Å². The Labute approximate surface area is 99.0 Å². The molecule has 0 aliphatic rings. The maximum Gasteiger partial charge on any atom is 0.299 e. The molecule has 1 aromatic carbocycles. The summed E-state index contributed by atoms with van der Waals surface area (Å²) >= 11 is 9.30. The first kappa shape index (κ1) is 10.9. The predicted octanol–water partition coefficient (Wildman–Crippen LogP) is 3.46. The summed E-state index contributed by atoms with van der Waals surface area (Å²) < 4.78 is 1.26. The summed E-state index contributed by atoms with van der Waals surface area (Å²) in [5.74, 6) is 0. The van der Waals surface area contributed by atoms with E-state index in [1.807, 2.05) is 0 Å². The molecule has 1 rings (SSSR count). The number of nitrogen functional groups attached to an aromatic ring is 1. The van der Waals surface area contributed by atoms with Gasteiger partial charge in [-0.05, 0) is 53.9 Å². The minimum absolute atomic E-state index is 0.0688. The molecule has 1 aromatic rings. The molecule has 0 amide bonds. The van der Waals surface area contributed by atoms with E-state index >= 15 is 0 Å². The number of hydrogen-bond acceptors (Lipinski definition) is 3. The SMILES string of the molecule is Nc1c(Br)cc(Br)c([N+](=O)[O-])c1Br. The van der Waals surface area contributed by atoms with Gasteiger partial charge >= 0.3 is 0 Å². The zero-order valence-corrected chi connectivity index (χ0v) is 10.8. The van der Waals surface area contributed by atoms with Gasteiger partial charge in [0.15, 0.2) is 0 Å². The summed E-state index contributed by atoms with van der Waals surface area (Å²) in [6, 6.07) is 1.54. The molecule has 0 aromatic heterocycles. The van der Waals surface area contributed by atoms with E-state index in [1.54, 1.807) is 0 Å². The fourth-order valence-electron chi connectivity index (χ4n) is 0.762. The molecular formula is C6H3Br3N2O2. The van der Waals surface area contributed by atoms with Crippen molar-refractivity contribution in [3.63, 3.8) is 0 Å². The van der Waals surface area contributed by atoms with Crippen LogP contribution in [0.1, 0.15) is 0 Å². The number of nitro benzene ring substituents is 1. The molecule has 0 heterocycles. The highest BCUT2D eigenvalue weighted by atomic mass is 79.9. The van der Waals surface area contributed by atoms with Crippen molar-refractivity contribution >= 4 is 59.2 Å². The van der Waals surface area contributed by atoms with Crippen molar-refractivity contribution in [3.8, 4) is 0 Å². The van der Waals surface area contributed by atoms with Gasteiger partial charge in [0, 0.05) is 4.47 Å². The van der Waals surface area contributed by atoms with Gasteiger partial charge in [-0.25, -0.2) is 0 Å². The number of rotatable bonds is 1. The molecule has 0 aliphatic carbocycles. The third-order valence-electron chi connectivity index (χ3n) is 1.36. The van der Waals surface area contributed by atoms with E-state index in [2.05, 4.69) is 47.8 Å². The van der Waals surface area contributed by atoms with E-state index in [9.17, 15) is 10.1 Å². The lowest BCUT2D eigenvalue weighted by Gasteiger charge is -2.03. The smallest absolute Gasteiger partial charge is 0.299 e. The molecule has 0 spiro atoms. The van der Waals surface area contributed by atoms with Gasteiger partial charge in [-0.3, -0.25) is 10.1 Å². The van der Waals surface area contributed by atoms with Crippen molar-refractivity contribution in [2.45, 2.75) is 0 Å². The average Bonchev–Trinajstić information content (AvgIpc) is 1.99. The first-order chi connectivity index (χ1) is 5.95. The molecule has 2 N–H and O–H groups in total. The molecule has 0 unspecified atom stereocenters. The van der Waals surface area contributed by atoms with Crippen molar-refractivity contribution in [1.29, 1.82) is 0 Å². The van der Waals surface area contributed by atoms with E-state index in [0.717, 1.165) is 0 Å². The van der Waals surface area contributed by atoms with Gasteiger partial charge in [-0.2, -0.15) is 0 Å². The van der Waals surface area contributed by atoms with Gasteiger partial charge in [0.05, 0.1) is 15.1 Å². The standard InChI is InChI=1S/C6H3Br3N2O2/c7-2-1-3(8)6(11(12)13)4(9)5(2)10/h1H,10H2. The third kappa shape index (κ3) is 2.03. The average molecular weight is 375 g/mol. The van der Waals surface area contributed by atoms with Gasteiger partial charge in [-0.15, -0.1) is 0 Å². The molecule has 0 atom stereocenters. The second kappa shape index (κ2) is 3.93. The zero-order chi connectivity index (χ0) is 10.2. The second-order valence-corrected chi connectivity index (χ2v) is 4.68. The predicted molar refractivity (Wildman–Crippen MR) is 60.6 cm³/mol. The number of nitrogens with two attached hydrogens (primary N) is 1. The fourth-order valence-corrected chi connectivity index (χ4v) is 3.17. The maximum atomic E-state index is 10.6. The highest BCUT2D eigenvalue weighted by molar-refractivity contribution is 9.11. The normalized spacial score (nSPS) is 10.1. The monoisotopic (exact) mass is 372 g/mol. The third-order valence-corrected chi connectivity index (χ3v) is 3.43. The van der Waals surface area contributed by atoms with Crippen LogP contribution in [0.15, 0.2) is 19.5 Å². The van der Waals surface area contributed by atoms with Crippen LogP contribution in [0.25, 0.3) is 0 Å². The van der Waals surface area contributed by atoms with E-state index < -0.39 is 4.92 Å². The lowest BCUT2D eigenvalue weighted by atomic mass is 10.3. The molecule has 0 saturated carbocycles. The van der Waals surface area contributed by atoms with Crippen LogP contribution in [-0.4, -0.2) is 4.92 Å². The van der Waals surface area contributed by atoms with Crippen molar-refractivity contribution in [2.75, 3.05) is 5.73 Å². The molecule has 0 bridgehead atoms. The number of benzene rings is 1. The maximum absolute atomic E-state index is 10.6. The van der Waals surface area contributed by atoms with Crippen LogP contribution >= 0.6 is 47.8 Å². The first-order valence-corrected chi connectivity index (χ1v) is 5.40. The quantitative estimate of drug-likeness (QED) is 0.465. The van der Waals surface area contributed by atoms with Crippen LogP contribution in [-0.2, 0) is 0 Å². The molecule has 7 heteroatoms. The second-order valence-electron chi connectivity index (χ2n) is 2.17. The Bertz CT molecular complexity index is 381. The Kier molecular flexibility index (Phi) is 3.31. The Hall–Kier alpha value is -0.140. The minimum atomic E-state index is -0.503. The summed E-state index contributed by atoms with van der Waals surface area (Å²) in [6.45, 7) is 0. The van der Waals surface area contributed by atoms with Crippen LogP contribution < -0.4 is 5.73 Å². The lowest BCUT2D eigenvalue weighted by molar-refractivity contribution is -0.386. The molecule has 0 fully saturated rings. The van der Waals surface area contributed by atoms with Crippen LogP contribution in [0.5, 0.6) is 0 Å². The number of nitrogens with zero attached hydrogens (tertiary/aromatic N) is 1. The molecule has 70 valence electrons. The van der Waals surface area contributed by atoms with E-state index in [4.69, 9.17) is 5.73 Å². The van der Waals surface area contributed by atoms with Gasteiger partial charge in [0.1, 0.15) is 4.47 Å². The molecule has 13 heavy (non-hydrogen) atoms. The summed E-state index contributed by atoms with van der Waals surface area (Å²) in [5.41, 5.74) is 5.82. The topological polar surface area (TPSA) is 69.2 Å². The highest BCUT2D eigenvalue weighted by Crippen LogP contribution is 2.41. The Balaban J connectivity index is 3.53. The van der Waals surface area contributed by atoms with Crippen LogP contribution in [0.3, 0.4) is 0 Å². The number of hydrogen-bond donors (Lipinski definition) is 1. The number of halogens is 3. The van der Waals surface area contributed by atoms with Crippen molar-refractivity contribution in [3.05, 3.63) is 29.6 Å². The number of anilines is 1. The first-order valence-electron chi connectivity index (χ1n) is 3.02. The molecule has 0 aliphatic heterocycles. The summed E-state index contributed by atoms with van der Waals surface area (Å²) in [5, 5.41) is 10.6. The largest absolute Gasteiger partial charge is 0.397 e. The minimum Gasteiger partial charge on any atom is -0.397 e. The van der Waals surface area contributed by atoms with E-state index in [1.165, 1.54) is 6.07 Å². The van der Waals surface area contributed by atoms with Gasteiger partial charge in [0.25, 0.3) is 5.69 Å². The zero-order valence-electron chi connectivity index (χ0n) is 6.05. The Morgan fingerprint density at radius 2 is 1.85 bits per heavy atom. The molecule has 0 saturated heterocycles. The number of nitro groups is 1. The molecule has 4 nitrogen and oxygen atoms in total. The fraction of sp³-hybridized carbons (Fsp3) is 0. The summed E-state index contributed by atoms with van der Waals surface area (Å²) in [4.78, 5) is 10.1. The molecular weight excluding hydrogens is 372 g/mol.